The molecule has 2 aliphatic rings. The Labute approximate surface area is 145 Å². The van der Waals surface area contributed by atoms with E-state index in [9.17, 15) is 14.7 Å². The van der Waals surface area contributed by atoms with Crippen molar-refractivity contribution in [3.05, 3.63) is 23.3 Å². The van der Waals surface area contributed by atoms with Gasteiger partial charge in [0.15, 0.2) is 5.78 Å². The van der Waals surface area contributed by atoms with Crippen molar-refractivity contribution in [3.8, 4) is 0 Å². The average Bonchev–Trinajstić information content (AvgIpc) is 2.74. The van der Waals surface area contributed by atoms with Crippen LogP contribution in [0, 0.1) is 17.3 Å². The number of rotatable bonds is 3. The van der Waals surface area contributed by atoms with E-state index in [1.54, 1.807) is 26.0 Å². The second-order valence-corrected chi connectivity index (χ2v) is 8.02. The van der Waals surface area contributed by atoms with Gasteiger partial charge >= 0.3 is 5.97 Å². The van der Waals surface area contributed by atoms with Crippen LogP contribution in [0.2, 0.25) is 0 Å². The van der Waals surface area contributed by atoms with Gasteiger partial charge in [-0.3, -0.25) is 4.79 Å². The quantitative estimate of drug-likeness (QED) is 0.633. The first-order valence-corrected chi connectivity index (χ1v) is 8.84. The van der Waals surface area contributed by atoms with E-state index < -0.39 is 17.1 Å². The molecule has 0 aliphatic heterocycles. The molecule has 0 heterocycles. The Kier molecular flexibility index (Phi) is 5.10. The Morgan fingerprint density at radius 2 is 2.04 bits per heavy atom. The lowest BCUT2D eigenvalue weighted by Crippen LogP contribution is -2.52. The molecule has 0 aromatic carbocycles. The monoisotopic (exact) mass is 334 g/mol. The number of allylic oxidation sites excluding steroid dienone is 2. The minimum Gasteiger partial charge on any atom is -0.458 e. The molecule has 0 spiro atoms. The Balaban J connectivity index is 2.48. The Morgan fingerprint density at radius 1 is 1.42 bits per heavy atom. The summed E-state index contributed by atoms with van der Waals surface area (Å²) < 4.78 is 5.81. The molecule has 0 aromatic heterocycles. The topological polar surface area (TPSA) is 63.6 Å². The SMILES string of the molecule is CC=C(C)C(=O)O[C@H]1CC(C)=CC(=O)[C@@]2(C)CC[C@@](O)(C(C)C)[C@H]12. The van der Waals surface area contributed by atoms with E-state index in [0.717, 1.165) is 5.57 Å². The summed E-state index contributed by atoms with van der Waals surface area (Å²) in [6, 6.07) is 0. The summed E-state index contributed by atoms with van der Waals surface area (Å²) in [7, 11) is 0. The summed E-state index contributed by atoms with van der Waals surface area (Å²) in [5.74, 6) is -0.729. The minimum absolute atomic E-state index is 0.0143. The molecule has 0 aromatic rings. The van der Waals surface area contributed by atoms with Gasteiger partial charge in [0.2, 0.25) is 0 Å². The molecule has 1 N–H and O–H groups in total. The van der Waals surface area contributed by atoms with Crippen LogP contribution in [-0.2, 0) is 14.3 Å². The molecule has 0 unspecified atom stereocenters. The molecule has 134 valence electrons. The molecular formula is C20H30O4. The van der Waals surface area contributed by atoms with Gasteiger partial charge in [-0.1, -0.05) is 32.4 Å². The van der Waals surface area contributed by atoms with E-state index in [0.29, 0.717) is 24.8 Å². The zero-order valence-corrected chi connectivity index (χ0v) is 15.7. The zero-order valence-electron chi connectivity index (χ0n) is 15.7. The summed E-state index contributed by atoms with van der Waals surface area (Å²) in [4.78, 5) is 25.2. The van der Waals surface area contributed by atoms with E-state index >= 15 is 0 Å². The molecule has 0 bridgehead atoms. The second-order valence-electron chi connectivity index (χ2n) is 8.02. The lowest BCUT2D eigenvalue weighted by Gasteiger charge is -2.42. The van der Waals surface area contributed by atoms with Crippen molar-refractivity contribution >= 4 is 11.8 Å². The van der Waals surface area contributed by atoms with Crippen LogP contribution in [0.3, 0.4) is 0 Å². The van der Waals surface area contributed by atoms with Crippen LogP contribution >= 0.6 is 0 Å². The van der Waals surface area contributed by atoms with Crippen LogP contribution in [0.15, 0.2) is 23.3 Å². The molecular weight excluding hydrogens is 304 g/mol. The van der Waals surface area contributed by atoms with Crippen molar-refractivity contribution < 1.29 is 19.4 Å². The zero-order chi connectivity index (χ0) is 18.3. The van der Waals surface area contributed by atoms with Crippen molar-refractivity contribution in [1.82, 2.24) is 0 Å². The number of ether oxygens (including phenoxy) is 1. The average molecular weight is 334 g/mol. The fraction of sp³-hybridized carbons (Fsp3) is 0.700. The first-order valence-electron chi connectivity index (χ1n) is 8.84. The number of ketones is 1. The molecule has 4 nitrogen and oxygen atoms in total. The molecule has 0 amide bonds. The maximum absolute atomic E-state index is 12.8. The number of hydrogen-bond acceptors (Lipinski definition) is 4. The largest absolute Gasteiger partial charge is 0.458 e. The first kappa shape index (κ1) is 18.9. The lowest BCUT2D eigenvalue weighted by atomic mass is 9.67. The van der Waals surface area contributed by atoms with Crippen LogP contribution < -0.4 is 0 Å². The van der Waals surface area contributed by atoms with E-state index in [1.165, 1.54) is 0 Å². The van der Waals surface area contributed by atoms with Gasteiger partial charge in [0.05, 0.1) is 5.60 Å². The van der Waals surface area contributed by atoms with Gasteiger partial charge in [0, 0.05) is 23.3 Å². The van der Waals surface area contributed by atoms with Crippen molar-refractivity contribution in [2.24, 2.45) is 17.3 Å². The highest BCUT2D eigenvalue weighted by molar-refractivity contribution is 5.96. The van der Waals surface area contributed by atoms with Gasteiger partial charge < -0.3 is 9.84 Å². The van der Waals surface area contributed by atoms with E-state index in [-0.39, 0.29) is 23.6 Å². The summed E-state index contributed by atoms with van der Waals surface area (Å²) in [6.45, 7) is 11.3. The Hall–Kier alpha value is -1.42. The van der Waals surface area contributed by atoms with Gasteiger partial charge in [-0.25, -0.2) is 4.79 Å². The second kappa shape index (κ2) is 6.47. The molecule has 4 atom stereocenters. The summed E-state index contributed by atoms with van der Waals surface area (Å²) in [5.41, 5.74) is -0.249. The number of carbonyl (C=O) groups is 2. The highest BCUT2D eigenvalue weighted by Crippen LogP contribution is 2.56. The summed E-state index contributed by atoms with van der Waals surface area (Å²) in [6.07, 6.45) is 4.57. The highest BCUT2D eigenvalue weighted by atomic mass is 16.5. The molecule has 2 rings (SSSR count). The highest BCUT2D eigenvalue weighted by Gasteiger charge is 2.62. The van der Waals surface area contributed by atoms with Gasteiger partial charge in [0.25, 0.3) is 0 Å². The van der Waals surface area contributed by atoms with Crippen molar-refractivity contribution in [1.29, 1.82) is 0 Å². The van der Waals surface area contributed by atoms with Gasteiger partial charge in [0.1, 0.15) is 6.10 Å². The number of carbonyl (C=O) groups excluding carboxylic acids is 2. The van der Waals surface area contributed by atoms with Crippen molar-refractivity contribution in [2.75, 3.05) is 0 Å². The van der Waals surface area contributed by atoms with E-state index in [4.69, 9.17) is 4.74 Å². The molecule has 0 saturated heterocycles. The Bertz CT molecular complexity index is 601. The van der Waals surface area contributed by atoms with Crippen molar-refractivity contribution in [2.45, 2.75) is 72.5 Å². The first-order chi connectivity index (χ1) is 11.1. The van der Waals surface area contributed by atoms with Crippen LogP contribution in [0.4, 0.5) is 0 Å². The summed E-state index contributed by atoms with van der Waals surface area (Å²) >= 11 is 0. The third-order valence-electron chi connectivity index (χ3n) is 6.12. The summed E-state index contributed by atoms with van der Waals surface area (Å²) in [5, 5.41) is 11.4. The van der Waals surface area contributed by atoms with E-state index in [1.807, 2.05) is 27.7 Å². The molecule has 24 heavy (non-hydrogen) atoms. The number of hydrogen-bond donors (Lipinski definition) is 1. The van der Waals surface area contributed by atoms with Crippen LogP contribution in [0.25, 0.3) is 0 Å². The predicted molar refractivity (Wildman–Crippen MR) is 93.3 cm³/mol. The molecule has 1 saturated carbocycles. The minimum atomic E-state index is -1.00. The van der Waals surface area contributed by atoms with Gasteiger partial charge in [-0.15, -0.1) is 0 Å². The smallest absolute Gasteiger partial charge is 0.333 e. The normalized spacial score (nSPS) is 37.1. The van der Waals surface area contributed by atoms with E-state index in [2.05, 4.69) is 0 Å². The van der Waals surface area contributed by atoms with Crippen LogP contribution in [0.5, 0.6) is 0 Å². The number of aliphatic hydroxyl groups is 1. The van der Waals surface area contributed by atoms with Gasteiger partial charge in [-0.05, 0) is 45.6 Å². The fourth-order valence-corrected chi connectivity index (χ4v) is 4.32. The van der Waals surface area contributed by atoms with Crippen LogP contribution in [0.1, 0.15) is 60.8 Å². The molecule has 2 aliphatic carbocycles. The maximum atomic E-state index is 12.8. The molecule has 0 radical (unpaired) electrons. The third-order valence-corrected chi connectivity index (χ3v) is 6.12. The fourth-order valence-electron chi connectivity index (χ4n) is 4.32. The number of fused-ring (bicyclic) bond motifs is 1. The number of esters is 1. The molecule has 4 heteroatoms. The third kappa shape index (κ3) is 2.97. The lowest BCUT2D eigenvalue weighted by molar-refractivity contribution is -0.164. The predicted octanol–water partition coefficient (Wildman–Crippen LogP) is 3.59. The standard InChI is InChI=1S/C20H30O4/c1-7-14(5)18(22)24-15-10-13(4)11-16(21)19(6)8-9-20(23,12(2)3)17(15)19/h7,11-12,15,17,23H,8-10H2,1-6H3/t15-,17+,19+,20+/m0/s1. The molecule has 1 fully saturated rings. The van der Waals surface area contributed by atoms with Crippen molar-refractivity contribution in [3.63, 3.8) is 0 Å². The Morgan fingerprint density at radius 3 is 2.58 bits per heavy atom. The maximum Gasteiger partial charge on any atom is 0.333 e. The van der Waals surface area contributed by atoms with Crippen LogP contribution in [-0.4, -0.2) is 28.6 Å². The van der Waals surface area contributed by atoms with Gasteiger partial charge in [-0.2, -0.15) is 0 Å².